The third-order valence-electron chi connectivity index (χ3n) is 3.77. The lowest BCUT2D eigenvalue weighted by atomic mass is 10.1. The fourth-order valence-electron chi connectivity index (χ4n) is 2.63. The van der Waals surface area contributed by atoms with Gasteiger partial charge in [0.15, 0.2) is 15.9 Å². The second-order valence-electron chi connectivity index (χ2n) is 7.10. The highest BCUT2D eigenvalue weighted by Gasteiger charge is 2.40. The number of rotatable bonds is 5. The molecule has 0 bridgehead atoms. The zero-order chi connectivity index (χ0) is 20.4. The first-order valence-electron chi connectivity index (χ1n) is 8.16. The Morgan fingerprint density at radius 2 is 1.96 bits per heavy atom. The minimum atomic E-state index is -3.15. The molecule has 1 aliphatic heterocycles. The molecule has 152 valence electrons. The van der Waals surface area contributed by atoms with Gasteiger partial charge in [-0.1, -0.05) is 0 Å². The lowest BCUT2D eigenvalue weighted by Crippen LogP contribution is -2.54. The molecule has 1 aromatic rings. The Kier molecular flexibility index (Phi) is 6.87. The van der Waals surface area contributed by atoms with E-state index in [1.54, 1.807) is 31.1 Å². The normalized spacial score (nSPS) is 19.9. The summed E-state index contributed by atoms with van der Waals surface area (Å²) in [6.07, 6.45) is -0.861. The van der Waals surface area contributed by atoms with Gasteiger partial charge in [-0.15, -0.1) is 11.3 Å². The van der Waals surface area contributed by atoms with Crippen LogP contribution in [0.3, 0.4) is 0 Å². The Hall–Kier alpha value is -1.24. The molecule has 1 amide bonds. The van der Waals surface area contributed by atoms with E-state index in [4.69, 9.17) is 4.74 Å². The van der Waals surface area contributed by atoms with Gasteiger partial charge in [-0.25, -0.2) is 23.0 Å². The summed E-state index contributed by atoms with van der Waals surface area (Å²) in [4.78, 5) is 30.1. The number of nitrogens with zero attached hydrogens (tertiary/aromatic N) is 2. The molecule has 1 fully saturated rings. The Morgan fingerprint density at radius 3 is 2.41 bits per heavy atom. The van der Waals surface area contributed by atoms with Crippen molar-refractivity contribution in [3.63, 3.8) is 0 Å². The number of carbonyl (C=O) groups excluding carboxylic acids is 1. The molecule has 12 heteroatoms. The van der Waals surface area contributed by atoms with E-state index in [2.05, 4.69) is 26.2 Å². The number of carboxylic acid groups (broad SMARTS) is 1. The molecular formula is C15H22BrN3O6S2. The predicted molar refractivity (Wildman–Crippen MR) is 104 cm³/mol. The monoisotopic (exact) mass is 483 g/mol. The molecule has 0 aliphatic carbocycles. The number of aromatic nitrogens is 1. The van der Waals surface area contributed by atoms with Crippen molar-refractivity contribution in [1.29, 1.82) is 0 Å². The summed E-state index contributed by atoms with van der Waals surface area (Å²) in [5.74, 6) is -1.41. The molecule has 2 N–H and O–H groups in total. The second kappa shape index (κ2) is 8.41. The van der Waals surface area contributed by atoms with Crippen molar-refractivity contribution >= 4 is 49.2 Å². The average Bonchev–Trinajstić information content (AvgIpc) is 2.92. The molecule has 0 aromatic carbocycles. The lowest BCUT2D eigenvalue weighted by Gasteiger charge is -2.36. The maximum absolute atomic E-state index is 12.2. The van der Waals surface area contributed by atoms with Crippen molar-refractivity contribution in [1.82, 2.24) is 15.2 Å². The first-order valence-corrected chi connectivity index (χ1v) is 11.6. The van der Waals surface area contributed by atoms with Gasteiger partial charge in [0.05, 0.1) is 17.5 Å². The SMILES string of the molecule is CC(C)(C)OC(=O)N[C@H](C(=O)O)[C@@H](c1nc(Br)cs1)N1CCS(=O)(=O)CC1. The van der Waals surface area contributed by atoms with Crippen LogP contribution in [-0.2, 0) is 19.4 Å². The number of nitrogens with one attached hydrogen (secondary N) is 1. The largest absolute Gasteiger partial charge is 0.480 e. The van der Waals surface area contributed by atoms with Crippen LogP contribution in [0.1, 0.15) is 31.8 Å². The molecule has 1 aliphatic rings. The number of alkyl carbamates (subject to hydrolysis) is 1. The Balaban J connectivity index is 2.31. The van der Waals surface area contributed by atoms with Gasteiger partial charge in [0.25, 0.3) is 0 Å². The van der Waals surface area contributed by atoms with E-state index >= 15 is 0 Å². The molecule has 0 radical (unpaired) electrons. The number of halogens is 1. The van der Waals surface area contributed by atoms with E-state index in [1.165, 1.54) is 11.3 Å². The lowest BCUT2D eigenvalue weighted by molar-refractivity contribution is -0.141. The highest BCUT2D eigenvalue weighted by Crippen LogP contribution is 2.30. The topological polar surface area (TPSA) is 126 Å². The van der Waals surface area contributed by atoms with Crippen molar-refractivity contribution in [3.05, 3.63) is 15.0 Å². The van der Waals surface area contributed by atoms with Gasteiger partial charge in [-0.05, 0) is 36.7 Å². The number of amides is 1. The molecule has 9 nitrogen and oxygen atoms in total. The van der Waals surface area contributed by atoms with Crippen molar-refractivity contribution in [2.24, 2.45) is 0 Å². The highest BCUT2D eigenvalue weighted by atomic mass is 79.9. The molecule has 1 saturated heterocycles. The zero-order valence-corrected chi connectivity index (χ0v) is 18.4. The number of hydrogen-bond donors (Lipinski definition) is 2. The van der Waals surface area contributed by atoms with Gasteiger partial charge in [0, 0.05) is 18.5 Å². The Labute approximate surface area is 170 Å². The van der Waals surface area contributed by atoms with Crippen LogP contribution in [0.4, 0.5) is 4.79 Å². The van der Waals surface area contributed by atoms with Crippen LogP contribution in [0.2, 0.25) is 0 Å². The number of sulfone groups is 1. The van der Waals surface area contributed by atoms with Crippen LogP contribution in [0.5, 0.6) is 0 Å². The van der Waals surface area contributed by atoms with Gasteiger partial charge < -0.3 is 15.2 Å². The number of hydrogen-bond acceptors (Lipinski definition) is 8. The molecule has 0 spiro atoms. The summed E-state index contributed by atoms with van der Waals surface area (Å²) in [6, 6.07) is -2.17. The molecule has 27 heavy (non-hydrogen) atoms. The van der Waals surface area contributed by atoms with Gasteiger partial charge in [-0.3, -0.25) is 4.90 Å². The fourth-order valence-corrected chi connectivity index (χ4v) is 5.29. The molecule has 2 heterocycles. The number of carbonyl (C=O) groups is 2. The second-order valence-corrected chi connectivity index (χ2v) is 11.1. The number of aliphatic carboxylic acids is 1. The smallest absolute Gasteiger partial charge is 0.408 e. The first-order chi connectivity index (χ1) is 12.4. The molecular weight excluding hydrogens is 462 g/mol. The zero-order valence-electron chi connectivity index (χ0n) is 15.1. The van der Waals surface area contributed by atoms with Crippen LogP contribution in [-0.4, -0.2) is 71.7 Å². The van der Waals surface area contributed by atoms with Gasteiger partial charge >= 0.3 is 12.1 Å². The van der Waals surface area contributed by atoms with Crippen LogP contribution in [0.25, 0.3) is 0 Å². The highest BCUT2D eigenvalue weighted by molar-refractivity contribution is 9.10. The van der Waals surface area contributed by atoms with Gasteiger partial charge in [0.2, 0.25) is 0 Å². The standard InChI is InChI=1S/C15H22BrN3O6S2/c1-15(2,3)25-14(22)18-10(13(20)21)11(12-17-9(16)8-26-12)19-4-6-27(23,24)7-5-19/h8,10-11H,4-7H2,1-3H3,(H,18,22)(H,20,21)/t10-,11-/m0/s1. The van der Waals surface area contributed by atoms with E-state index < -0.39 is 39.6 Å². The van der Waals surface area contributed by atoms with E-state index in [0.29, 0.717) is 9.61 Å². The van der Waals surface area contributed by atoms with Crippen LogP contribution < -0.4 is 5.32 Å². The number of thiazole rings is 1. The minimum Gasteiger partial charge on any atom is -0.480 e. The average molecular weight is 484 g/mol. The quantitative estimate of drug-likeness (QED) is 0.647. The van der Waals surface area contributed by atoms with Crippen molar-refractivity contribution in [2.75, 3.05) is 24.6 Å². The molecule has 1 aromatic heterocycles. The summed E-state index contributed by atoms with van der Waals surface area (Å²) in [6.45, 7) is 5.34. The van der Waals surface area contributed by atoms with E-state index in [9.17, 15) is 23.1 Å². The first kappa shape index (κ1) is 22.1. The maximum Gasteiger partial charge on any atom is 0.408 e. The third-order valence-corrected chi connectivity index (χ3v) is 7.01. The van der Waals surface area contributed by atoms with Gasteiger partial charge in [-0.2, -0.15) is 0 Å². The van der Waals surface area contributed by atoms with Gasteiger partial charge in [0.1, 0.15) is 15.2 Å². The van der Waals surface area contributed by atoms with Crippen LogP contribution >= 0.6 is 27.3 Å². The van der Waals surface area contributed by atoms with E-state index in [-0.39, 0.29) is 24.6 Å². The summed E-state index contributed by atoms with van der Waals surface area (Å²) >= 11 is 4.48. The maximum atomic E-state index is 12.2. The predicted octanol–water partition coefficient (Wildman–Crippen LogP) is 1.66. The third kappa shape index (κ3) is 6.40. The van der Waals surface area contributed by atoms with Crippen LogP contribution in [0.15, 0.2) is 9.98 Å². The Morgan fingerprint density at radius 1 is 1.37 bits per heavy atom. The summed E-state index contributed by atoms with van der Waals surface area (Å²) < 4.78 is 29.2. The van der Waals surface area contributed by atoms with Crippen LogP contribution in [0, 0.1) is 0 Å². The van der Waals surface area contributed by atoms with Crippen molar-refractivity contribution in [2.45, 2.75) is 38.5 Å². The van der Waals surface area contributed by atoms with E-state index in [1.807, 2.05) is 0 Å². The molecule has 2 rings (SSSR count). The fraction of sp³-hybridized carbons (Fsp3) is 0.667. The number of ether oxygens (including phenoxy) is 1. The molecule has 0 unspecified atom stereocenters. The summed E-state index contributed by atoms with van der Waals surface area (Å²) in [5.41, 5.74) is -0.786. The van der Waals surface area contributed by atoms with E-state index in [0.717, 1.165) is 0 Å². The summed E-state index contributed by atoms with van der Waals surface area (Å²) in [7, 11) is -3.15. The number of carboxylic acids is 1. The Bertz CT molecular complexity index is 791. The molecule has 0 saturated carbocycles. The summed E-state index contributed by atoms with van der Waals surface area (Å²) in [5, 5.41) is 14.3. The van der Waals surface area contributed by atoms with Crippen molar-refractivity contribution in [3.8, 4) is 0 Å². The van der Waals surface area contributed by atoms with Crippen molar-refractivity contribution < 1.29 is 27.9 Å². The molecule has 2 atom stereocenters. The minimum absolute atomic E-state index is 0.0746.